The molecule has 108 valence electrons. The molecule has 0 amide bonds. The first-order valence-corrected chi connectivity index (χ1v) is 7.63. The van der Waals surface area contributed by atoms with Crippen LogP contribution < -0.4 is 5.32 Å². The van der Waals surface area contributed by atoms with Gasteiger partial charge in [0.15, 0.2) is 0 Å². The van der Waals surface area contributed by atoms with E-state index in [0.717, 1.165) is 10.9 Å². The Kier molecular flexibility index (Phi) is 5.13. The molecule has 5 heteroatoms. The van der Waals surface area contributed by atoms with E-state index in [0.29, 0.717) is 28.4 Å². The Balaban J connectivity index is 2.30. The van der Waals surface area contributed by atoms with E-state index in [-0.39, 0.29) is 6.04 Å². The maximum Gasteiger partial charge on any atom is 0.130 e. The monoisotopic (exact) mass is 315 g/mol. The zero-order valence-electron chi connectivity index (χ0n) is 11.3. The number of nitrogens with one attached hydrogen (secondary N) is 1. The predicted molar refractivity (Wildman–Crippen MR) is 80.5 cm³/mol. The largest absolute Gasteiger partial charge is 0.310 e. The Hall–Kier alpha value is -0.970. The molecule has 1 N–H and O–H groups in total. The zero-order chi connectivity index (χ0) is 14.7. The third-order valence-corrected chi connectivity index (χ3v) is 4.39. The fraction of sp³-hybridized carbons (Fsp3) is 0.333. The van der Waals surface area contributed by atoms with Gasteiger partial charge in [0.05, 0.1) is 4.34 Å². The summed E-state index contributed by atoms with van der Waals surface area (Å²) < 4.78 is 28.1. The highest BCUT2D eigenvalue weighted by Crippen LogP contribution is 2.28. The van der Waals surface area contributed by atoms with Gasteiger partial charge in [0.1, 0.15) is 11.6 Å². The number of halogens is 3. The molecule has 0 spiro atoms. The standard InChI is InChI=1S/C15H16ClF2NS/c1-3-19-14(7-10-4-5-15(16)20-10)11-6-9(2)12(17)8-13(11)18/h4-6,8,14,19H,3,7H2,1-2H3. The molecule has 0 saturated heterocycles. The van der Waals surface area contributed by atoms with Crippen molar-refractivity contribution in [2.75, 3.05) is 6.54 Å². The summed E-state index contributed by atoms with van der Waals surface area (Å²) >= 11 is 7.40. The van der Waals surface area contributed by atoms with Crippen molar-refractivity contribution in [3.63, 3.8) is 0 Å². The molecule has 1 unspecified atom stereocenters. The average molecular weight is 316 g/mol. The molecule has 1 nitrogen and oxygen atoms in total. The second-order valence-corrected chi connectivity index (χ2v) is 6.44. The molecule has 0 fully saturated rings. The molecule has 0 aliphatic carbocycles. The fourth-order valence-electron chi connectivity index (χ4n) is 2.15. The number of likely N-dealkylation sites (N-methyl/N-ethyl adjacent to an activating group) is 1. The van der Waals surface area contributed by atoms with Gasteiger partial charge in [-0.25, -0.2) is 8.78 Å². The quantitative estimate of drug-likeness (QED) is 0.829. The lowest BCUT2D eigenvalue weighted by molar-refractivity contribution is 0.502. The molecule has 2 rings (SSSR count). The van der Waals surface area contributed by atoms with Gasteiger partial charge in [-0.2, -0.15) is 0 Å². The topological polar surface area (TPSA) is 12.0 Å². The van der Waals surface area contributed by atoms with E-state index in [1.807, 2.05) is 19.1 Å². The molecule has 2 aromatic rings. The van der Waals surface area contributed by atoms with Crippen molar-refractivity contribution in [1.82, 2.24) is 5.32 Å². The number of rotatable bonds is 5. The summed E-state index contributed by atoms with van der Waals surface area (Å²) in [5.41, 5.74) is 0.948. The van der Waals surface area contributed by atoms with Crippen molar-refractivity contribution in [1.29, 1.82) is 0 Å². The molecule has 0 saturated carbocycles. The van der Waals surface area contributed by atoms with Crippen molar-refractivity contribution in [3.8, 4) is 0 Å². The third kappa shape index (κ3) is 3.57. The van der Waals surface area contributed by atoms with Gasteiger partial charge in [-0.15, -0.1) is 11.3 Å². The fourth-order valence-corrected chi connectivity index (χ4v) is 3.28. The van der Waals surface area contributed by atoms with E-state index in [4.69, 9.17) is 11.6 Å². The van der Waals surface area contributed by atoms with Gasteiger partial charge in [0.25, 0.3) is 0 Å². The van der Waals surface area contributed by atoms with Gasteiger partial charge in [-0.3, -0.25) is 0 Å². The van der Waals surface area contributed by atoms with Crippen LogP contribution >= 0.6 is 22.9 Å². The van der Waals surface area contributed by atoms with Crippen LogP contribution in [0.1, 0.15) is 29.0 Å². The van der Waals surface area contributed by atoms with E-state index in [1.54, 1.807) is 13.0 Å². The van der Waals surface area contributed by atoms with Crippen LogP contribution in [0.5, 0.6) is 0 Å². The van der Waals surface area contributed by atoms with Crippen LogP contribution in [0.2, 0.25) is 4.34 Å². The van der Waals surface area contributed by atoms with Crippen LogP contribution in [0.25, 0.3) is 0 Å². The molecule has 1 heterocycles. The molecular formula is C15H16ClF2NS. The molecular weight excluding hydrogens is 300 g/mol. The van der Waals surface area contributed by atoms with Gasteiger partial charge in [0.2, 0.25) is 0 Å². The highest BCUT2D eigenvalue weighted by Gasteiger charge is 2.18. The molecule has 20 heavy (non-hydrogen) atoms. The Morgan fingerprint density at radius 1 is 1.25 bits per heavy atom. The van der Waals surface area contributed by atoms with Crippen molar-refractivity contribution in [2.45, 2.75) is 26.3 Å². The first-order valence-electron chi connectivity index (χ1n) is 6.44. The van der Waals surface area contributed by atoms with Gasteiger partial charge in [0, 0.05) is 29.0 Å². The van der Waals surface area contributed by atoms with E-state index in [9.17, 15) is 8.78 Å². The summed E-state index contributed by atoms with van der Waals surface area (Å²) in [5.74, 6) is -1.03. The first-order chi connectivity index (χ1) is 9.51. The maximum atomic E-state index is 14.0. The molecule has 0 aliphatic heterocycles. The molecule has 0 radical (unpaired) electrons. The van der Waals surface area contributed by atoms with E-state index < -0.39 is 11.6 Å². The van der Waals surface area contributed by atoms with Crippen molar-refractivity contribution in [3.05, 3.63) is 56.2 Å². The van der Waals surface area contributed by atoms with E-state index in [2.05, 4.69) is 5.32 Å². The molecule has 1 atom stereocenters. The lowest BCUT2D eigenvalue weighted by Gasteiger charge is -2.19. The average Bonchev–Trinajstić information content (AvgIpc) is 2.79. The lowest BCUT2D eigenvalue weighted by Crippen LogP contribution is -2.24. The van der Waals surface area contributed by atoms with E-state index in [1.165, 1.54) is 11.3 Å². The van der Waals surface area contributed by atoms with Crippen LogP contribution in [0, 0.1) is 18.6 Å². The zero-order valence-corrected chi connectivity index (χ0v) is 12.9. The first kappa shape index (κ1) is 15.4. The number of hydrogen-bond acceptors (Lipinski definition) is 2. The number of hydrogen-bond donors (Lipinski definition) is 1. The minimum atomic E-state index is -0.513. The summed E-state index contributed by atoms with van der Waals surface area (Å²) in [7, 11) is 0. The maximum absolute atomic E-state index is 14.0. The number of benzene rings is 1. The molecule has 1 aromatic heterocycles. The van der Waals surface area contributed by atoms with Crippen LogP contribution in [0.4, 0.5) is 8.78 Å². The van der Waals surface area contributed by atoms with Gasteiger partial charge < -0.3 is 5.32 Å². The van der Waals surface area contributed by atoms with Crippen molar-refractivity contribution >= 4 is 22.9 Å². The van der Waals surface area contributed by atoms with Crippen LogP contribution in [0.15, 0.2) is 24.3 Å². The third-order valence-electron chi connectivity index (χ3n) is 3.14. The van der Waals surface area contributed by atoms with E-state index >= 15 is 0 Å². The van der Waals surface area contributed by atoms with Gasteiger partial charge in [-0.1, -0.05) is 18.5 Å². The minimum Gasteiger partial charge on any atom is -0.310 e. The van der Waals surface area contributed by atoms with Crippen molar-refractivity contribution in [2.24, 2.45) is 0 Å². The normalized spacial score (nSPS) is 12.7. The Bertz CT molecular complexity index is 598. The lowest BCUT2D eigenvalue weighted by atomic mass is 10.00. The van der Waals surface area contributed by atoms with Gasteiger partial charge in [-0.05, 0) is 37.2 Å². The summed E-state index contributed by atoms with van der Waals surface area (Å²) in [5, 5.41) is 3.25. The van der Waals surface area contributed by atoms with Gasteiger partial charge >= 0.3 is 0 Å². The highest BCUT2D eigenvalue weighted by molar-refractivity contribution is 7.16. The highest BCUT2D eigenvalue weighted by atomic mass is 35.5. The molecule has 1 aromatic carbocycles. The molecule has 0 aliphatic rings. The Labute approximate surface area is 126 Å². The Morgan fingerprint density at radius 2 is 2.00 bits per heavy atom. The number of aryl methyl sites for hydroxylation is 1. The van der Waals surface area contributed by atoms with Crippen LogP contribution in [-0.4, -0.2) is 6.54 Å². The molecule has 0 bridgehead atoms. The summed E-state index contributed by atoms with van der Waals surface area (Å²) in [4.78, 5) is 1.07. The predicted octanol–water partition coefficient (Wildman–Crippen LogP) is 4.88. The summed E-state index contributed by atoms with van der Waals surface area (Å²) in [6.45, 7) is 4.31. The number of thiophene rings is 1. The smallest absolute Gasteiger partial charge is 0.130 e. The van der Waals surface area contributed by atoms with Crippen LogP contribution in [0.3, 0.4) is 0 Å². The minimum absolute atomic E-state index is 0.186. The SMILES string of the molecule is CCNC(Cc1ccc(Cl)s1)c1cc(C)c(F)cc1F. The Morgan fingerprint density at radius 3 is 2.60 bits per heavy atom. The van der Waals surface area contributed by atoms with Crippen molar-refractivity contribution < 1.29 is 8.78 Å². The second kappa shape index (κ2) is 6.66. The van der Waals surface area contributed by atoms with Crippen LogP contribution in [-0.2, 0) is 6.42 Å². The second-order valence-electron chi connectivity index (χ2n) is 4.64. The summed E-state index contributed by atoms with van der Waals surface area (Å²) in [6, 6.07) is 6.11. The summed E-state index contributed by atoms with van der Waals surface area (Å²) in [6.07, 6.45) is 0.632.